The highest BCUT2D eigenvalue weighted by molar-refractivity contribution is 6.29. The lowest BCUT2D eigenvalue weighted by Crippen LogP contribution is -2.41. The van der Waals surface area contributed by atoms with Crippen molar-refractivity contribution >= 4 is 23.3 Å². The number of hydrogen-bond donors (Lipinski definition) is 2. The van der Waals surface area contributed by atoms with Gasteiger partial charge in [-0.1, -0.05) is 29.8 Å². The van der Waals surface area contributed by atoms with Crippen LogP contribution in [0.5, 0.6) is 0 Å². The molecule has 2 fully saturated rings. The molecule has 1 aromatic heterocycles. The number of alkyl halides is 6. The first-order valence-corrected chi connectivity index (χ1v) is 9.79. The van der Waals surface area contributed by atoms with Crippen molar-refractivity contribution in [1.29, 1.82) is 0 Å². The Morgan fingerprint density at radius 1 is 1.09 bits per heavy atom. The van der Waals surface area contributed by atoms with Gasteiger partial charge in [0.05, 0.1) is 35.4 Å². The number of aliphatic hydroxyl groups is 1. The molecule has 4 rings (SSSR count). The van der Waals surface area contributed by atoms with Crippen LogP contribution in [0.15, 0.2) is 36.4 Å². The summed E-state index contributed by atoms with van der Waals surface area (Å²) in [5.41, 5.74) is -1.93. The van der Waals surface area contributed by atoms with Gasteiger partial charge >= 0.3 is 12.4 Å². The number of nitrogens with zero attached hydrogens (tertiary/aromatic N) is 1. The van der Waals surface area contributed by atoms with Gasteiger partial charge in [0.25, 0.3) is 0 Å². The van der Waals surface area contributed by atoms with Crippen LogP contribution in [0.4, 0.5) is 32.2 Å². The number of halogens is 7. The summed E-state index contributed by atoms with van der Waals surface area (Å²) in [5, 5.41) is 12.0. The summed E-state index contributed by atoms with van der Waals surface area (Å²) in [6.45, 7) is 0. The fraction of sp³-hybridized carbons (Fsp3) is 0.400. The summed E-state index contributed by atoms with van der Waals surface area (Å²) in [7, 11) is 0. The molecular weight excluding hydrogens is 466 g/mol. The first-order chi connectivity index (χ1) is 14.8. The molecule has 0 radical (unpaired) electrons. The van der Waals surface area contributed by atoms with Crippen molar-refractivity contribution in [2.45, 2.75) is 43.0 Å². The Morgan fingerprint density at radius 3 is 2.44 bits per heavy atom. The van der Waals surface area contributed by atoms with E-state index in [-0.39, 0.29) is 12.0 Å². The van der Waals surface area contributed by atoms with E-state index < -0.39 is 70.5 Å². The zero-order valence-corrected chi connectivity index (χ0v) is 16.7. The van der Waals surface area contributed by atoms with Crippen LogP contribution in [0.3, 0.4) is 0 Å². The van der Waals surface area contributed by atoms with E-state index in [2.05, 4.69) is 10.3 Å². The molecule has 3 heterocycles. The van der Waals surface area contributed by atoms with E-state index in [1.54, 1.807) is 0 Å². The van der Waals surface area contributed by atoms with Crippen LogP contribution < -0.4 is 5.32 Å². The van der Waals surface area contributed by atoms with Crippen molar-refractivity contribution in [2.75, 3.05) is 5.32 Å². The molecule has 12 heteroatoms. The topological polar surface area (TPSA) is 71.5 Å². The molecule has 0 saturated carbocycles. The highest BCUT2D eigenvalue weighted by Crippen LogP contribution is 2.50. The van der Waals surface area contributed by atoms with Crippen LogP contribution in [0.1, 0.15) is 29.0 Å². The van der Waals surface area contributed by atoms with Gasteiger partial charge in [-0.15, -0.1) is 0 Å². The van der Waals surface area contributed by atoms with Crippen LogP contribution in [0.25, 0.3) is 0 Å². The quantitative estimate of drug-likeness (QED) is 0.496. The van der Waals surface area contributed by atoms with Gasteiger partial charge in [0.15, 0.2) is 0 Å². The second kappa shape index (κ2) is 7.89. The average molecular weight is 481 g/mol. The second-order valence-corrected chi connectivity index (χ2v) is 8.06. The number of nitrogens with one attached hydrogen (secondary N) is 1. The summed E-state index contributed by atoms with van der Waals surface area (Å²) in [4.78, 5) is 16.7. The number of benzene rings is 1. The molecule has 0 aliphatic carbocycles. The van der Waals surface area contributed by atoms with E-state index >= 15 is 0 Å². The fourth-order valence-corrected chi connectivity index (χ4v) is 4.51. The Morgan fingerprint density at radius 2 is 1.78 bits per heavy atom. The van der Waals surface area contributed by atoms with E-state index in [0.29, 0.717) is 12.1 Å². The van der Waals surface area contributed by atoms with Crippen LogP contribution in [0.2, 0.25) is 5.15 Å². The van der Waals surface area contributed by atoms with Crippen molar-refractivity contribution in [2.24, 2.45) is 5.92 Å². The van der Waals surface area contributed by atoms with Crippen LogP contribution >= 0.6 is 11.6 Å². The third-order valence-corrected chi connectivity index (χ3v) is 5.79. The van der Waals surface area contributed by atoms with Crippen molar-refractivity contribution in [3.8, 4) is 0 Å². The van der Waals surface area contributed by atoms with Gasteiger partial charge in [-0.3, -0.25) is 4.79 Å². The van der Waals surface area contributed by atoms with Gasteiger partial charge in [0, 0.05) is 12.3 Å². The zero-order valence-electron chi connectivity index (χ0n) is 15.9. The SMILES string of the molecule is O=C(Nc1cc(C(F)(F)F)cc(Cl)n1)C1C2CC(O)C(O2)C1c1cccc(C(F)(F)F)c1. The monoisotopic (exact) mass is 480 g/mol. The minimum Gasteiger partial charge on any atom is -0.390 e. The first-order valence-electron chi connectivity index (χ1n) is 9.41. The van der Waals surface area contributed by atoms with E-state index in [0.717, 1.165) is 12.1 Å². The number of fused-ring (bicyclic) bond motifs is 2. The van der Waals surface area contributed by atoms with Gasteiger partial charge in [0.2, 0.25) is 5.91 Å². The Labute approximate surface area is 182 Å². The number of ether oxygens (including phenoxy) is 1. The summed E-state index contributed by atoms with van der Waals surface area (Å²) < 4.78 is 84.2. The number of anilines is 1. The minimum atomic E-state index is -4.73. The lowest BCUT2D eigenvalue weighted by atomic mass is 9.73. The third kappa shape index (κ3) is 4.28. The molecule has 1 aromatic carbocycles. The lowest BCUT2D eigenvalue weighted by Gasteiger charge is -2.30. The molecule has 172 valence electrons. The van der Waals surface area contributed by atoms with Crippen LogP contribution in [0, 0.1) is 5.92 Å². The molecule has 32 heavy (non-hydrogen) atoms. The molecule has 1 amide bonds. The normalized spacial score (nSPS) is 27.6. The van der Waals surface area contributed by atoms with Crippen molar-refractivity contribution in [1.82, 2.24) is 4.98 Å². The molecule has 5 unspecified atom stereocenters. The van der Waals surface area contributed by atoms with Gasteiger partial charge < -0.3 is 15.2 Å². The summed E-state index contributed by atoms with van der Waals surface area (Å²) in [5.74, 6) is -3.25. The number of rotatable bonds is 3. The Balaban J connectivity index is 1.65. The maximum absolute atomic E-state index is 13.2. The maximum Gasteiger partial charge on any atom is 0.416 e. The Bertz CT molecular complexity index is 1040. The second-order valence-electron chi connectivity index (χ2n) is 7.67. The number of aliphatic hydroxyl groups excluding tert-OH is 1. The predicted octanol–water partition coefficient (Wildman–Crippen LogP) is 4.64. The van der Waals surface area contributed by atoms with Gasteiger partial charge in [-0.2, -0.15) is 26.3 Å². The van der Waals surface area contributed by atoms with Crippen molar-refractivity contribution in [3.63, 3.8) is 0 Å². The molecule has 0 spiro atoms. The predicted molar refractivity (Wildman–Crippen MR) is 99.8 cm³/mol. The molecule has 2 aliphatic rings. The third-order valence-electron chi connectivity index (χ3n) is 5.60. The zero-order chi connectivity index (χ0) is 23.4. The molecule has 2 aliphatic heterocycles. The highest BCUT2D eigenvalue weighted by atomic mass is 35.5. The Kier molecular flexibility index (Phi) is 5.62. The fourth-order valence-electron chi connectivity index (χ4n) is 4.30. The standard InChI is InChI=1S/C20H15ClF6N2O3/c21-13-5-10(20(25,26)27)6-14(28-13)29-18(31)16-12-7-11(30)17(32-12)15(16)8-2-1-3-9(4-8)19(22,23)24/h1-6,11-12,15-17,30H,7H2,(H,28,29,31). The van der Waals surface area contributed by atoms with Crippen LogP contribution in [-0.2, 0) is 21.9 Å². The van der Waals surface area contributed by atoms with E-state index in [9.17, 15) is 36.2 Å². The molecule has 5 nitrogen and oxygen atoms in total. The lowest BCUT2D eigenvalue weighted by molar-refractivity contribution is -0.138. The summed E-state index contributed by atoms with van der Waals surface area (Å²) in [6.07, 6.45) is -12.0. The first kappa shape index (κ1) is 22.8. The van der Waals surface area contributed by atoms with Crippen molar-refractivity contribution in [3.05, 3.63) is 58.2 Å². The van der Waals surface area contributed by atoms with Crippen LogP contribution in [-0.4, -0.2) is 34.3 Å². The van der Waals surface area contributed by atoms with Gasteiger partial charge in [-0.25, -0.2) is 4.98 Å². The molecule has 2 saturated heterocycles. The van der Waals surface area contributed by atoms with E-state index in [4.69, 9.17) is 16.3 Å². The largest absolute Gasteiger partial charge is 0.416 e. The smallest absolute Gasteiger partial charge is 0.390 e. The molecule has 2 bridgehead atoms. The number of carbonyl (C=O) groups is 1. The summed E-state index contributed by atoms with van der Waals surface area (Å²) in [6, 6.07) is 5.51. The molecule has 2 aromatic rings. The highest BCUT2D eigenvalue weighted by Gasteiger charge is 2.57. The van der Waals surface area contributed by atoms with Gasteiger partial charge in [0.1, 0.15) is 11.0 Å². The number of hydrogen-bond acceptors (Lipinski definition) is 4. The molecule has 5 atom stereocenters. The minimum absolute atomic E-state index is 0.0645. The number of aromatic nitrogens is 1. The number of amides is 1. The maximum atomic E-state index is 13.2. The average Bonchev–Trinajstić information content (AvgIpc) is 3.23. The molecular formula is C20H15ClF6N2O3. The van der Waals surface area contributed by atoms with E-state index in [1.165, 1.54) is 12.1 Å². The molecule has 2 N–H and O–H groups in total. The van der Waals surface area contributed by atoms with Crippen molar-refractivity contribution < 1.29 is 41.0 Å². The van der Waals surface area contributed by atoms with E-state index in [1.807, 2.05) is 0 Å². The Hall–Kier alpha value is -2.37. The van der Waals surface area contributed by atoms with Gasteiger partial charge in [-0.05, 0) is 23.8 Å². The summed E-state index contributed by atoms with van der Waals surface area (Å²) >= 11 is 5.64. The number of pyridine rings is 1. The number of carbonyl (C=O) groups excluding carboxylic acids is 1.